The van der Waals surface area contributed by atoms with Gasteiger partial charge in [0.2, 0.25) is 11.8 Å². The van der Waals surface area contributed by atoms with Crippen molar-refractivity contribution < 1.29 is 14.4 Å². The van der Waals surface area contributed by atoms with E-state index in [1.807, 2.05) is 32.0 Å². The minimum absolute atomic E-state index is 0.0252. The van der Waals surface area contributed by atoms with Crippen molar-refractivity contribution >= 4 is 45.9 Å². The second-order valence-corrected chi connectivity index (χ2v) is 8.58. The van der Waals surface area contributed by atoms with Crippen LogP contribution in [0.2, 0.25) is 0 Å². The number of thioether (sulfide) groups is 1. The molecule has 1 atom stereocenters. The van der Waals surface area contributed by atoms with Gasteiger partial charge in [-0.1, -0.05) is 30.0 Å². The van der Waals surface area contributed by atoms with Crippen LogP contribution in [-0.2, 0) is 9.59 Å². The Morgan fingerprint density at radius 3 is 2.55 bits per heavy atom. The molecule has 1 aliphatic rings. The highest BCUT2D eigenvalue weighted by Gasteiger charge is 2.38. The molecule has 0 bridgehead atoms. The number of nitrogens with zero attached hydrogens (tertiary/aromatic N) is 2. The van der Waals surface area contributed by atoms with Gasteiger partial charge in [-0.25, -0.2) is 4.99 Å². The fraction of sp³-hybridized carbons (Fsp3) is 0.250. The van der Waals surface area contributed by atoms with Crippen LogP contribution in [0.4, 0.5) is 11.4 Å². The lowest BCUT2D eigenvalue weighted by Crippen LogP contribution is -2.33. The number of hydrogen-bond donors (Lipinski definition) is 1. The number of aliphatic imine (C=N–C) groups is 1. The van der Waals surface area contributed by atoms with Crippen molar-refractivity contribution in [2.24, 2.45) is 4.99 Å². The van der Waals surface area contributed by atoms with Gasteiger partial charge in [-0.3, -0.25) is 19.3 Å². The highest BCUT2D eigenvalue weighted by Crippen LogP contribution is 2.33. The molecular weight excluding hydrogens is 410 g/mol. The zero-order valence-electron chi connectivity index (χ0n) is 17.8. The monoisotopic (exact) mass is 435 g/mol. The maximum absolute atomic E-state index is 12.9. The van der Waals surface area contributed by atoms with Crippen molar-refractivity contribution in [2.75, 3.05) is 11.9 Å². The van der Waals surface area contributed by atoms with E-state index in [-0.39, 0.29) is 24.0 Å². The van der Waals surface area contributed by atoms with Gasteiger partial charge in [-0.2, -0.15) is 0 Å². The summed E-state index contributed by atoms with van der Waals surface area (Å²) >= 11 is 1.29. The molecule has 6 nitrogen and oxygen atoms in total. The lowest BCUT2D eigenvalue weighted by Gasteiger charge is -2.14. The third-order valence-electron chi connectivity index (χ3n) is 4.86. The van der Waals surface area contributed by atoms with E-state index in [0.29, 0.717) is 23.0 Å². The molecule has 0 radical (unpaired) electrons. The van der Waals surface area contributed by atoms with Crippen molar-refractivity contribution in [2.45, 2.75) is 32.4 Å². The Morgan fingerprint density at radius 2 is 1.90 bits per heavy atom. The number of hydrogen-bond acceptors (Lipinski definition) is 5. The zero-order valence-corrected chi connectivity index (χ0v) is 18.7. The Labute approximate surface area is 186 Å². The van der Waals surface area contributed by atoms with Gasteiger partial charge in [0.05, 0.1) is 5.69 Å². The van der Waals surface area contributed by atoms with Crippen LogP contribution in [0.15, 0.2) is 60.1 Å². The molecule has 2 aromatic carbocycles. The second kappa shape index (κ2) is 9.75. The van der Waals surface area contributed by atoms with Crippen LogP contribution in [0.25, 0.3) is 0 Å². The maximum atomic E-state index is 12.9. The summed E-state index contributed by atoms with van der Waals surface area (Å²) in [4.78, 5) is 43.1. The number of carbonyl (C=O) groups excluding carboxylic acids is 3. The molecule has 31 heavy (non-hydrogen) atoms. The number of amidine groups is 1. The van der Waals surface area contributed by atoms with E-state index in [4.69, 9.17) is 4.99 Å². The van der Waals surface area contributed by atoms with E-state index in [1.54, 1.807) is 35.2 Å². The largest absolute Gasteiger partial charge is 0.326 e. The van der Waals surface area contributed by atoms with Gasteiger partial charge < -0.3 is 5.32 Å². The number of aryl methyl sites for hydroxylation is 2. The van der Waals surface area contributed by atoms with Crippen LogP contribution >= 0.6 is 11.8 Å². The molecule has 2 aromatic rings. The smallest absolute Gasteiger partial charge is 0.242 e. The van der Waals surface area contributed by atoms with Gasteiger partial charge in [0, 0.05) is 24.2 Å². The maximum Gasteiger partial charge on any atom is 0.242 e. The molecule has 0 aliphatic carbocycles. The first-order valence-corrected chi connectivity index (χ1v) is 10.8. The predicted octanol–water partition coefficient (Wildman–Crippen LogP) is 4.65. The third kappa shape index (κ3) is 5.49. The Bertz CT molecular complexity index is 1060. The normalized spacial score (nSPS) is 17.1. The molecule has 1 saturated heterocycles. The molecular formula is C24H25N3O3S. The molecule has 2 amide bonds. The van der Waals surface area contributed by atoms with Crippen LogP contribution in [0.5, 0.6) is 0 Å². The van der Waals surface area contributed by atoms with Crippen LogP contribution in [0, 0.1) is 13.8 Å². The molecule has 1 fully saturated rings. The van der Waals surface area contributed by atoms with E-state index < -0.39 is 5.25 Å². The highest BCUT2D eigenvalue weighted by atomic mass is 32.2. The van der Waals surface area contributed by atoms with Crippen molar-refractivity contribution in [3.63, 3.8) is 0 Å². The first kappa shape index (κ1) is 22.5. The van der Waals surface area contributed by atoms with Crippen molar-refractivity contribution in [3.8, 4) is 0 Å². The lowest BCUT2D eigenvalue weighted by atomic mass is 10.1. The molecule has 160 valence electrons. The summed E-state index contributed by atoms with van der Waals surface area (Å²) in [5, 5.41) is 2.81. The van der Waals surface area contributed by atoms with E-state index in [0.717, 1.165) is 16.8 Å². The van der Waals surface area contributed by atoms with Crippen LogP contribution in [-0.4, -0.2) is 39.5 Å². The van der Waals surface area contributed by atoms with E-state index in [2.05, 4.69) is 11.9 Å². The number of benzene rings is 2. The Hall–Kier alpha value is -3.19. The third-order valence-corrected chi connectivity index (χ3v) is 6.03. The molecule has 1 N–H and O–H groups in total. The average molecular weight is 436 g/mol. The molecule has 3 rings (SSSR count). The van der Waals surface area contributed by atoms with Gasteiger partial charge >= 0.3 is 0 Å². The SMILES string of the molecule is C=CCN1C(=O)C(CC(=O)Nc2ccc(C(C)=O)cc2)SC1=Nc1cc(C)ccc1C. The summed E-state index contributed by atoms with van der Waals surface area (Å²) in [5.41, 5.74) is 4.06. The number of amides is 2. The van der Waals surface area contributed by atoms with Crippen molar-refractivity contribution in [3.05, 3.63) is 71.8 Å². The number of Topliss-reactive ketones (excluding diaryl/α,β-unsaturated/α-hetero) is 1. The van der Waals surface area contributed by atoms with Gasteiger partial charge in [0.1, 0.15) is 5.25 Å². The predicted molar refractivity (Wildman–Crippen MR) is 126 cm³/mol. The quantitative estimate of drug-likeness (QED) is 0.507. The average Bonchev–Trinajstić information content (AvgIpc) is 3.00. The lowest BCUT2D eigenvalue weighted by molar-refractivity contribution is -0.127. The van der Waals surface area contributed by atoms with Crippen LogP contribution in [0.3, 0.4) is 0 Å². The first-order valence-electron chi connectivity index (χ1n) is 9.94. The zero-order chi connectivity index (χ0) is 22.5. The van der Waals surface area contributed by atoms with Gasteiger partial charge in [0.15, 0.2) is 11.0 Å². The van der Waals surface area contributed by atoms with Gasteiger partial charge in [0.25, 0.3) is 0 Å². The summed E-state index contributed by atoms with van der Waals surface area (Å²) in [7, 11) is 0. The van der Waals surface area contributed by atoms with Gasteiger partial charge in [-0.05, 0) is 62.2 Å². The molecule has 0 saturated carbocycles. The molecule has 1 aliphatic heterocycles. The summed E-state index contributed by atoms with van der Waals surface area (Å²) < 4.78 is 0. The molecule has 7 heteroatoms. The van der Waals surface area contributed by atoms with Crippen LogP contribution < -0.4 is 5.32 Å². The summed E-state index contributed by atoms with van der Waals surface area (Å²) in [5.74, 6) is -0.465. The topological polar surface area (TPSA) is 78.8 Å². The summed E-state index contributed by atoms with van der Waals surface area (Å²) in [6.45, 7) is 9.52. The van der Waals surface area contributed by atoms with Crippen molar-refractivity contribution in [1.82, 2.24) is 4.90 Å². The molecule has 1 heterocycles. The fourth-order valence-electron chi connectivity index (χ4n) is 3.13. The highest BCUT2D eigenvalue weighted by molar-refractivity contribution is 8.15. The minimum atomic E-state index is -0.555. The van der Waals surface area contributed by atoms with E-state index >= 15 is 0 Å². The molecule has 0 aromatic heterocycles. The van der Waals surface area contributed by atoms with Crippen LogP contribution in [0.1, 0.15) is 34.8 Å². The number of anilines is 1. The van der Waals surface area contributed by atoms with E-state index in [9.17, 15) is 14.4 Å². The second-order valence-electron chi connectivity index (χ2n) is 7.41. The Balaban J connectivity index is 1.74. The number of carbonyl (C=O) groups is 3. The minimum Gasteiger partial charge on any atom is -0.326 e. The number of rotatable bonds is 7. The molecule has 1 unspecified atom stereocenters. The Morgan fingerprint density at radius 1 is 1.19 bits per heavy atom. The summed E-state index contributed by atoms with van der Waals surface area (Å²) in [6, 6.07) is 12.7. The first-order chi connectivity index (χ1) is 14.8. The van der Waals surface area contributed by atoms with E-state index in [1.165, 1.54) is 18.7 Å². The standard InChI is InChI=1S/C24H25N3O3S/c1-5-12-27-23(30)21(31-24(27)26-20-13-15(2)6-7-16(20)3)14-22(29)25-19-10-8-18(9-11-19)17(4)28/h5-11,13,21H,1,12,14H2,2-4H3,(H,25,29). The number of ketones is 1. The Kier molecular flexibility index (Phi) is 7.07. The number of nitrogens with one attached hydrogen (secondary N) is 1. The van der Waals surface area contributed by atoms with Gasteiger partial charge in [-0.15, -0.1) is 6.58 Å². The fourth-order valence-corrected chi connectivity index (χ4v) is 4.29. The molecule has 0 spiro atoms. The summed E-state index contributed by atoms with van der Waals surface area (Å²) in [6.07, 6.45) is 1.67. The van der Waals surface area contributed by atoms with Crippen molar-refractivity contribution in [1.29, 1.82) is 0 Å².